The fourth-order valence-corrected chi connectivity index (χ4v) is 1.84. The molecule has 0 fully saturated rings. The standard InChI is InChI=1S/C9H6BrF3N4O2/c1-19-7-3-6(5(11)2-4(7)10)16-9(18)17(8(12)13)15-14-16/h2-3,8H,1H3. The number of aromatic nitrogens is 4. The zero-order valence-corrected chi connectivity index (χ0v) is 10.9. The van der Waals surface area contributed by atoms with Gasteiger partial charge in [0.25, 0.3) is 0 Å². The van der Waals surface area contributed by atoms with Crippen molar-refractivity contribution in [3.05, 3.63) is 32.9 Å². The largest absolute Gasteiger partial charge is 0.495 e. The Morgan fingerprint density at radius 1 is 1.37 bits per heavy atom. The Balaban J connectivity index is 2.62. The minimum Gasteiger partial charge on any atom is -0.495 e. The minimum atomic E-state index is -3.15. The van der Waals surface area contributed by atoms with Gasteiger partial charge in [0, 0.05) is 6.07 Å². The molecule has 0 aliphatic carbocycles. The van der Waals surface area contributed by atoms with Crippen molar-refractivity contribution in [2.75, 3.05) is 7.11 Å². The fraction of sp³-hybridized carbons (Fsp3) is 0.222. The molecule has 0 spiro atoms. The second-order valence-electron chi connectivity index (χ2n) is 3.33. The number of tetrazole rings is 1. The summed E-state index contributed by atoms with van der Waals surface area (Å²) >= 11 is 3.05. The lowest BCUT2D eigenvalue weighted by Crippen LogP contribution is -2.25. The normalized spacial score (nSPS) is 11.1. The Morgan fingerprint density at radius 2 is 2.05 bits per heavy atom. The van der Waals surface area contributed by atoms with Gasteiger partial charge < -0.3 is 4.74 Å². The molecule has 0 bridgehead atoms. The minimum absolute atomic E-state index is 0.159. The van der Waals surface area contributed by atoms with Crippen molar-refractivity contribution in [3.63, 3.8) is 0 Å². The van der Waals surface area contributed by atoms with E-state index < -0.39 is 18.1 Å². The first-order valence-electron chi connectivity index (χ1n) is 4.81. The highest BCUT2D eigenvalue weighted by molar-refractivity contribution is 9.10. The lowest BCUT2D eigenvalue weighted by molar-refractivity contribution is 0.0508. The molecule has 2 rings (SSSR count). The first-order chi connectivity index (χ1) is 8.95. The summed E-state index contributed by atoms with van der Waals surface area (Å²) in [5.74, 6) is -0.619. The summed E-state index contributed by atoms with van der Waals surface area (Å²) < 4.78 is 44.0. The molecule has 0 amide bonds. The second-order valence-corrected chi connectivity index (χ2v) is 4.19. The molecule has 0 saturated carbocycles. The first-order valence-corrected chi connectivity index (χ1v) is 5.61. The third kappa shape index (κ3) is 2.35. The molecule has 1 aromatic heterocycles. The number of hydrogen-bond acceptors (Lipinski definition) is 4. The smallest absolute Gasteiger partial charge is 0.373 e. The zero-order valence-electron chi connectivity index (χ0n) is 9.35. The number of methoxy groups -OCH3 is 1. The highest BCUT2D eigenvalue weighted by atomic mass is 79.9. The molecule has 19 heavy (non-hydrogen) atoms. The molecule has 10 heteroatoms. The Morgan fingerprint density at radius 3 is 2.58 bits per heavy atom. The van der Waals surface area contributed by atoms with E-state index in [1.165, 1.54) is 7.11 Å². The van der Waals surface area contributed by atoms with Crippen molar-refractivity contribution in [2.24, 2.45) is 0 Å². The van der Waals surface area contributed by atoms with Gasteiger partial charge in [0.1, 0.15) is 11.4 Å². The van der Waals surface area contributed by atoms with Crippen LogP contribution in [-0.4, -0.2) is 26.9 Å². The third-order valence-electron chi connectivity index (χ3n) is 2.24. The van der Waals surface area contributed by atoms with Crippen LogP contribution in [0.3, 0.4) is 0 Å². The van der Waals surface area contributed by atoms with Gasteiger partial charge in [-0.3, -0.25) is 0 Å². The highest BCUT2D eigenvalue weighted by Gasteiger charge is 2.19. The molecule has 6 nitrogen and oxygen atoms in total. The van der Waals surface area contributed by atoms with Gasteiger partial charge in [0.15, 0.2) is 5.82 Å². The number of hydrogen-bond donors (Lipinski definition) is 0. The van der Waals surface area contributed by atoms with Crippen molar-refractivity contribution in [2.45, 2.75) is 6.55 Å². The first kappa shape index (κ1) is 13.6. The van der Waals surface area contributed by atoms with Crippen LogP contribution in [0.15, 0.2) is 21.4 Å². The predicted octanol–water partition coefficient (Wildman–Crippen LogP) is 1.73. The molecule has 0 unspecified atom stereocenters. The van der Waals surface area contributed by atoms with E-state index in [1.54, 1.807) is 0 Å². The van der Waals surface area contributed by atoms with E-state index in [2.05, 4.69) is 26.4 Å². The molecule has 0 aliphatic heterocycles. The lowest BCUT2D eigenvalue weighted by atomic mass is 10.3. The van der Waals surface area contributed by atoms with Crippen molar-refractivity contribution in [1.82, 2.24) is 19.8 Å². The van der Waals surface area contributed by atoms with Crippen LogP contribution in [0.1, 0.15) is 6.55 Å². The number of benzene rings is 1. The van der Waals surface area contributed by atoms with Gasteiger partial charge in [0.05, 0.1) is 11.6 Å². The Bertz CT molecular complexity index is 670. The van der Waals surface area contributed by atoms with Crippen LogP contribution in [0, 0.1) is 5.82 Å². The number of ether oxygens (including phenoxy) is 1. The van der Waals surface area contributed by atoms with Crippen molar-refractivity contribution in [1.29, 1.82) is 0 Å². The molecule has 0 N–H and O–H groups in total. The summed E-state index contributed by atoms with van der Waals surface area (Å²) in [6, 6.07) is 2.17. The molecular formula is C9H6BrF3N4O2. The SMILES string of the molecule is COc1cc(-n2nnn(C(F)F)c2=O)c(F)cc1Br. The number of rotatable bonds is 3. The van der Waals surface area contributed by atoms with Gasteiger partial charge >= 0.3 is 12.2 Å². The molecule has 0 saturated heterocycles. The Hall–Kier alpha value is -1.84. The van der Waals surface area contributed by atoms with Crippen LogP contribution in [-0.2, 0) is 0 Å². The Labute approximate surface area is 112 Å². The van der Waals surface area contributed by atoms with Gasteiger partial charge in [0.2, 0.25) is 0 Å². The quantitative estimate of drug-likeness (QED) is 0.855. The number of nitrogens with zero attached hydrogens (tertiary/aromatic N) is 4. The Kier molecular flexibility index (Phi) is 3.60. The summed E-state index contributed by atoms with van der Waals surface area (Å²) in [6.07, 6.45) is 0. The monoisotopic (exact) mass is 338 g/mol. The van der Waals surface area contributed by atoms with E-state index in [4.69, 9.17) is 4.74 Å². The maximum absolute atomic E-state index is 13.7. The number of alkyl halides is 2. The molecule has 1 heterocycles. The maximum Gasteiger partial charge on any atom is 0.373 e. The lowest BCUT2D eigenvalue weighted by Gasteiger charge is -2.06. The summed E-state index contributed by atoms with van der Waals surface area (Å²) in [7, 11) is 1.33. The highest BCUT2D eigenvalue weighted by Crippen LogP contribution is 2.28. The zero-order chi connectivity index (χ0) is 14.2. The molecule has 102 valence electrons. The molecule has 0 atom stereocenters. The second kappa shape index (κ2) is 5.03. The van der Waals surface area contributed by atoms with E-state index in [0.717, 1.165) is 12.1 Å². The summed E-state index contributed by atoms with van der Waals surface area (Å²) in [5, 5.41) is 6.16. The maximum atomic E-state index is 13.7. The van der Waals surface area contributed by atoms with Crippen LogP contribution >= 0.6 is 15.9 Å². The van der Waals surface area contributed by atoms with E-state index in [-0.39, 0.29) is 16.1 Å². The summed E-state index contributed by atoms with van der Waals surface area (Å²) in [5.41, 5.74) is -1.59. The molecular weight excluding hydrogens is 333 g/mol. The summed E-state index contributed by atoms with van der Waals surface area (Å²) in [4.78, 5) is 11.5. The molecule has 2 aromatic rings. The van der Waals surface area contributed by atoms with Crippen LogP contribution < -0.4 is 10.4 Å². The van der Waals surface area contributed by atoms with E-state index in [0.29, 0.717) is 9.15 Å². The van der Waals surface area contributed by atoms with Crippen molar-refractivity contribution < 1.29 is 17.9 Å². The molecule has 0 aliphatic rings. The molecule has 1 aromatic carbocycles. The van der Waals surface area contributed by atoms with Crippen LogP contribution in [0.5, 0.6) is 5.75 Å². The van der Waals surface area contributed by atoms with Gasteiger partial charge in [-0.15, -0.1) is 4.68 Å². The topological polar surface area (TPSA) is 61.9 Å². The van der Waals surface area contributed by atoms with Gasteiger partial charge in [-0.25, -0.2) is 9.18 Å². The van der Waals surface area contributed by atoms with E-state index in [9.17, 15) is 18.0 Å². The molecule has 0 radical (unpaired) electrons. The predicted molar refractivity (Wildman–Crippen MR) is 61.1 cm³/mol. The average Bonchev–Trinajstić information content (AvgIpc) is 2.71. The van der Waals surface area contributed by atoms with Crippen LogP contribution in [0.4, 0.5) is 13.2 Å². The van der Waals surface area contributed by atoms with Crippen molar-refractivity contribution >= 4 is 15.9 Å². The van der Waals surface area contributed by atoms with Crippen LogP contribution in [0.25, 0.3) is 5.69 Å². The van der Waals surface area contributed by atoms with E-state index in [1.807, 2.05) is 0 Å². The average molecular weight is 339 g/mol. The van der Waals surface area contributed by atoms with Gasteiger partial charge in [-0.05, 0) is 32.4 Å². The van der Waals surface area contributed by atoms with Crippen molar-refractivity contribution in [3.8, 4) is 11.4 Å². The van der Waals surface area contributed by atoms with Crippen LogP contribution in [0.2, 0.25) is 0 Å². The summed E-state index contributed by atoms with van der Waals surface area (Å²) in [6.45, 7) is -3.15. The third-order valence-corrected chi connectivity index (χ3v) is 2.86. The van der Waals surface area contributed by atoms with E-state index >= 15 is 0 Å². The number of halogens is 4. The van der Waals surface area contributed by atoms with Gasteiger partial charge in [-0.1, -0.05) is 0 Å². The van der Waals surface area contributed by atoms with Gasteiger partial charge in [-0.2, -0.15) is 13.5 Å². The fourth-order valence-electron chi connectivity index (χ4n) is 1.37.